The van der Waals surface area contributed by atoms with Crippen molar-refractivity contribution >= 4 is 0 Å². The fourth-order valence-corrected chi connectivity index (χ4v) is 2.99. The largest absolute Gasteiger partial charge is 0.394 e. The van der Waals surface area contributed by atoms with Crippen LogP contribution >= 0.6 is 0 Å². The minimum atomic E-state index is -0.994. The van der Waals surface area contributed by atoms with Crippen molar-refractivity contribution < 1.29 is 20.1 Å². The standard InChI is InChI=1S/C19H22O4/c1-12-5-7-13(8-6-12)14-3-2-4-15(9-14)19-18(22)17(21)10-16(11-20)23-19/h2-9,16-22H,10-11H2,1H3/t16?,17-,18+,19?/m0/s1. The van der Waals surface area contributed by atoms with E-state index in [-0.39, 0.29) is 13.0 Å². The maximum atomic E-state index is 10.2. The van der Waals surface area contributed by atoms with Crippen LogP contribution in [0.4, 0.5) is 0 Å². The topological polar surface area (TPSA) is 69.9 Å². The van der Waals surface area contributed by atoms with E-state index in [0.717, 1.165) is 16.7 Å². The van der Waals surface area contributed by atoms with E-state index in [9.17, 15) is 15.3 Å². The molecule has 2 unspecified atom stereocenters. The number of aliphatic hydroxyl groups is 3. The van der Waals surface area contributed by atoms with Gasteiger partial charge in [-0.25, -0.2) is 0 Å². The van der Waals surface area contributed by atoms with E-state index in [4.69, 9.17) is 4.74 Å². The number of aliphatic hydroxyl groups excluding tert-OH is 3. The number of ether oxygens (including phenoxy) is 1. The molecule has 4 heteroatoms. The molecule has 1 fully saturated rings. The zero-order valence-electron chi connectivity index (χ0n) is 13.1. The summed E-state index contributed by atoms with van der Waals surface area (Å²) in [6, 6.07) is 16.0. The van der Waals surface area contributed by atoms with Crippen LogP contribution in [0, 0.1) is 6.92 Å². The van der Waals surface area contributed by atoms with Gasteiger partial charge in [0.25, 0.3) is 0 Å². The molecule has 3 rings (SSSR count). The number of benzene rings is 2. The predicted octanol–water partition coefficient (Wildman–Crippen LogP) is 2.21. The highest BCUT2D eigenvalue weighted by atomic mass is 16.5. The molecule has 0 bridgehead atoms. The van der Waals surface area contributed by atoms with Crippen molar-refractivity contribution in [1.29, 1.82) is 0 Å². The van der Waals surface area contributed by atoms with Gasteiger partial charge < -0.3 is 20.1 Å². The molecule has 1 heterocycles. The Bertz CT molecular complexity index is 653. The molecular weight excluding hydrogens is 292 g/mol. The quantitative estimate of drug-likeness (QED) is 0.812. The SMILES string of the molecule is Cc1ccc(-c2cccc(C3OC(CO)C[C@H](O)[C@H]3O)c2)cc1. The second kappa shape index (κ2) is 6.81. The smallest absolute Gasteiger partial charge is 0.111 e. The van der Waals surface area contributed by atoms with Gasteiger partial charge in [-0.15, -0.1) is 0 Å². The molecule has 0 radical (unpaired) electrons. The summed E-state index contributed by atoms with van der Waals surface area (Å²) in [5.74, 6) is 0. The molecule has 23 heavy (non-hydrogen) atoms. The van der Waals surface area contributed by atoms with Gasteiger partial charge in [-0.2, -0.15) is 0 Å². The normalized spacial score (nSPS) is 27.8. The van der Waals surface area contributed by atoms with Crippen LogP contribution in [0.2, 0.25) is 0 Å². The third-order valence-corrected chi connectivity index (χ3v) is 4.35. The fraction of sp³-hybridized carbons (Fsp3) is 0.368. The predicted molar refractivity (Wildman–Crippen MR) is 87.9 cm³/mol. The Kier molecular flexibility index (Phi) is 4.78. The fourth-order valence-electron chi connectivity index (χ4n) is 2.99. The molecule has 1 aliphatic heterocycles. The van der Waals surface area contributed by atoms with E-state index in [0.29, 0.717) is 0 Å². The highest BCUT2D eigenvalue weighted by Crippen LogP contribution is 2.33. The van der Waals surface area contributed by atoms with Gasteiger partial charge >= 0.3 is 0 Å². The summed E-state index contributed by atoms with van der Waals surface area (Å²) in [4.78, 5) is 0. The van der Waals surface area contributed by atoms with E-state index in [1.165, 1.54) is 5.56 Å². The number of hydrogen-bond acceptors (Lipinski definition) is 4. The first-order valence-electron chi connectivity index (χ1n) is 7.88. The van der Waals surface area contributed by atoms with Crippen molar-refractivity contribution in [2.24, 2.45) is 0 Å². The molecule has 0 aliphatic carbocycles. The molecule has 4 atom stereocenters. The maximum Gasteiger partial charge on any atom is 0.111 e. The molecule has 1 aliphatic rings. The summed E-state index contributed by atoms with van der Waals surface area (Å²) in [5, 5.41) is 29.5. The third kappa shape index (κ3) is 3.46. The van der Waals surface area contributed by atoms with E-state index >= 15 is 0 Å². The second-order valence-corrected chi connectivity index (χ2v) is 6.15. The van der Waals surface area contributed by atoms with E-state index in [1.54, 1.807) is 0 Å². The van der Waals surface area contributed by atoms with Gasteiger partial charge in [-0.3, -0.25) is 0 Å². The molecule has 4 nitrogen and oxygen atoms in total. The number of hydrogen-bond donors (Lipinski definition) is 3. The summed E-state index contributed by atoms with van der Waals surface area (Å²) in [6.45, 7) is 1.88. The van der Waals surface area contributed by atoms with Gasteiger partial charge in [0.2, 0.25) is 0 Å². The van der Waals surface area contributed by atoms with E-state index in [1.807, 2.05) is 31.2 Å². The molecule has 2 aromatic rings. The second-order valence-electron chi connectivity index (χ2n) is 6.15. The van der Waals surface area contributed by atoms with Gasteiger partial charge in [0.1, 0.15) is 12.2 Å². The van der Waals surface area contributed by atoms with Crippen molar-refractivity contribution in [3.8, 4) is 11.1 Å². The first-order chi connectivity index (χ1) is 11.1. The van der Waals surface area contributed by atoms with Crippen LogP contribution in [0.25, 0.3) is 11.1 Å². The monoisotopic (exact) mass is 314 g/mol. The van der Waals surface area contributed by atoms with Gasteiger partial charge in [-0.1, -0.05) is 48.0 Å². The Labute approximate surface area is 136 Å². The van der Waals surface area contributed by atoms with Gasteiger partial charge in [0.05, 0.1) is 18.8 Å². The average molecular weight is 314 g/mol. The van der Waals surface area contributed by atoms with Gasteiger partial charge in [-0.05, 0) is 29.7 Å². The Balaban J connectivity index is 1.90. The highest BCUT2D eigenvalue weighted by molar-refractivity contribution is 5.64. The summed E-state index contributed by atoms with van der Waals surface area (Å²) < 4.78 is 5.75. The third-order valence-electron chi connectivity index (χ3n) is 4.35. The Morgan fingerprint density at radius 2 is 1.78 bits per heavy atom. The molecule has 3 N–H and O–H groups in total. The van der Waals surface area contributed by atoms with Crippen molar-refractivity contribution in [2.75, 3.05) is 6.61 Å². The van der Waals surface area contributed by atoms with Crippen molar-refractivity contribution in [1.82, 2.24) is 0 Å². The lowest BCUT2D eigenvalue weighted by atomic mass is 9.91. The lowest BCUT2D eigenvalue weighted by Crippen LogP contribution is -2.44. The zero-order chi connectivity index (χ0) is 16.4. The lowest BCUT2D eigenvalue weighted by molar-refractivity contribution is -0.179. The Hall–Kier alpha value is -1.72. The summed E-state index contributed by atoms with van der Waals surface area (Å²) >= 11 is 0. The molecule has 0 amide bonds. The van der Waals surface area contributed by atoms with Crippen LogP contribution in [0.15, 0.2) is 48.5 Å². The van der Waals surface area contributed by atoms with Crippen LogP contribution in [-0.2, 0) is 4.74 Å². The highest BCUT2D eigenvalue weighted by Gasteiger charge is 2.37. The number of rotatable bonds is 3. The first-order valence-corrected chi connectivity index (χ1v) is 7.88. The Morgan fingerprint density at radius 3 is 2.48 bits per heavy atom. The van der Waals surface area contributed by atoms with Gasteiger partial charge in [0.15, 0.2) is 0 Å². The summed E-state index contributed by atoms with van der Waals surface area (Å²) in [6.07, 6.45) is -2.74. The summed E-state index contributed by atoms with van der Waals surface area (Å²) in [5.41, 5.74) is 4.11. The Morgan fingerprint density at radius 1 is 1.04 bits per heavy atom. The molecule has 1 saturated heterocycles. The molecule has 0 spiro atoms. The van der Waals surface area contributed by atoms with E-state index in [2.05, 4.69) is 24.3 Å². The van der Waals surface area contributed by atoms with Gasteiger partial charge in [0, 0.05) is 6.42 Å². The molecule has 0 aromatic heterocycles. The van der Waals surface area contributed by atoms with E-state index < -0.39 is 24.4 Å². The zero-order valence-corrected chi connectivity index (χ0v) is 13.1. The molecule has 2 aromatic carbocycles. The van der Waals surface area contributed by atoms with Crippen LogP contribution < -0.4 is 0 Å². The minimum Gasteiger partial charge on any atom is -0.394 e. The summed E-state index contributed by atoms with van der Waals surface area (Å²) in [7, 11) is 0. The van der Waals surface area contributed by atoms with Crippen LogP contribution in [0.3, 0.4) is 0 Å². The first kappa shape index (κ1) is 16.1. The molecule has 0 saturated carbocycles. The molecule has 122 valence electrons. The van der Waals surface area contributed by atoms with Crippen molar-refractivity contribution in [2.45, 2.75) is 37.8 Å². The number of aryl methyl sites for hydroxylation is 1. The van der Waals surface area contributed by atoms with Crippen LogP contribution in [0.5, 0.6) is 0 Å². The minimum absolute atomic E-state index is 0.169. The van der Waals surface area contributed by atoms with Crippen molar-refractivity contribution in [3.05, 3.63) is 59.7 Å². The average Bonchev–Trinajstić information content (AvgIpc) is 2.58. The van der Waals surface area contributed by atoms with Crippen molar-refractivity contribution in [3.63, 3.8) is 0 Å². The maximum absolute atomic E-state index is 10.2. The molecular formula is C19H22O4. The lowest BCUT2D eigenvalue weighted by Gasteiger charge is -2.37. The van der Waals surface area contributed by atoms with Crippen LogP contribution in [0.1, 0.15) is 23.7 Å². The van der Waals surface area contributed by atoms with Crippen LogP contribution in [-0.4, -0.2) is 40.2 Å².